The van der Waals surface area contributed by atoms with E-state index in [1.165, 1.54) is 27.8 Å². The van der Waals surface area contributed by atoms with E-state index in [9.17, 15) is 0 Å². The number of benzene rings is 11. The third-order valence-electron chi connectivity index (χ3n) is 13.5. The van der Waals surface area contributed by atoms with E-state index in [0.29, 0.717) is 0 Å². The maximum atomic E-state index is 7.05. The van der Waals surface area contributed by atoms with Crippen molar-refractivity contribution in [2.24, 2.45) is 0 Å². The van der Waals surface area contributed by atoms with Gasteiger partial charge in [0.2, 0.25) is 0 Å². The molecule has 0 radical (unpaired) electrons. The molecule has 0 aliphatic heterocycles. The van der Waals surface area contributed by atoms with E-state index in [-0.39, 0.29) is 0 Å². The predicted octanol–water partition coefficient (Wildman–Crippen LogP) is 19.0. The lowest BCUT2D eigenvalue weighted by molar-refractivity contribution is 0.669. The van der Waals surface area contributed by atoms with Crippen LogP contribution in [-0.4, -0.2) is 0 Å². The molecule has 0 aliphatic carbocycles. The molecule has 0 aliphatic rings. The molecule has 3 nitrogen and oxygen atoms in total. The summed E-state index contributed by atoms with van der Waals surface area (Å²) in [5.41, 5.74) is 20.1. The van der Waals surface area contributed by atoms with Gasteiger partial charge in [-0.25, -0.2) is 0 Å². The van der Waals surface area contributed by atoms with Crippen molar-refractivity contribution in [2.45, 2.75) is 0 Å². The number of hydrogen-bond donors (Lipinski definition) is 0. The fourth-order valence-electron chi connectivity index (χ4n) is 10.2. The number of hydrogen-bond acceptors (Lipinski definition) is 3. The van der Waals surface area contributed by atoms with Crippen molar-refractivity contribution < 1.29 is 8.83 Å². The van der Waals surface area contributed by atoms with Gasteiger partial charge < -0.3 is 13.7 Å². The smallest absolute Gasteiger partial charge is 0.145 e. The number of fused-ring (bicyclic) bond motifs is 6. The molecule has 324 valence electrons. The lowest BCUT2D eigenvalue weighted by atomic mass is 9.89. The molecule has 0 atom stereocenters. The lowest BCUT2D eigenvalue weighted by Crippen LogP contribution is -2.10. The maximum Gasteiger partial charge on any atom is 0.145 e. The normalized spacial score (nSPS) is 11.5. The zero-order chi connectivity index (χ0) is 45.7. The minimum Gasteiger partial charge on any atom is -0.456 e. The Morgan fingerprint density at radius 3 is 1.22 bits per heavy atom. The largest absolute Gasteiger partial charge is 0.456 e. The standard InChI is InChI=1S/C66H43NO2/c1-5-17-44(18-6-1)49-31-36-58-59-38-35-52(43-64(59)68-62(58)41-49)67(51-33-29-48(30-34-51)54-26-14-16-28-57(54)56-27-15-13-25-53(56)46-21-9-3-10-22-46)61-40-39-55(47-23-11-4-12-24-47)66-65(61)60-37-32-50(42-63(60)69-66)45-19-7-2-8-20-45/h1-43H. The zero-order valence-corrected chi connectivity index (χ0v) is 37.6. The van der Waals surface area contributed by atoms with E-state index >= 15 is 0 Å². The highest BCUT2D eigenvalue weighted by molar-refractivity contribution is 6.18. The molecule has 69 heavy (non-hydrogen) atoms. The molecule has 0 saturated carbocycles. The van der Waals surface area contributed by atoms with Crippen LogP contribution in [0.5, 0.6) is 0 Å². The number of nitrogens with zero attached hydrogens (tertiary/aromatic N) is 1. The van der Waals surface area contributed by atoms with Crippen LogP contribution in [0, 0.1) is 0 Å². The summed E-state index contributed by atoms with van der Waals surface area (Å²) in [6.07, 6.45) is 0. The molecule has 3 heteroatoms. The van der Waals surface area contributed by atoms with Crippen LogP contribution >= 0.6 is 0 Å². The Hall–Kier alpha value is -9.18. The van der Waals surface area contributed by atoms with Crippen LogP contribution in [0.2, 0.25) is 0 Å². The molecule has 13 aromatic rings. The Labute approximate surface area is 400 Å². The van der Waals surface area contributed by atoms with Crippen LogP contribution < -0.4 is 4.90 Å². The van der Waals surface area contributed by atoms with Crippen LogP contribution in [0.4, 0.5) is 17.1 Å². The second kappa shape index (κ2) is 16.9. The van der Waals surface area contributed by atoms with Crippen molar-refractivity contribution in [2.75, 3.05) is 4.90 Å². The molecule has 2 aromatic heterocycles. The SMILES string of the molecule is c1ccc(-c2ccc3c(c2)oc2cc(N(c4ccc(-c5ccccc5-c5ccccc5-c5ccccc5)cc4)c4ccc(-c5ccccc5)c5oc6cc(-c7ccccc7)ccc6c45)ccc23)cc1. The van der Waals surface area contributed by atoms with Gasteiger partial charge in [-0.2, -0.15) is 0 Å². The second-order valence-corrected chi connectivity index (χ2v) is 17.6. The summed E-state index contributed by atoms with van der Waals surface area (Å²) in [5, 5.41) is 4.24. The molecular formula is C66H43NO2. The highest BCUT2D eigenvalue weighted by Crippen LogP contribution is 2.48. The summed E-state index contributed by atoms with van der Waals surface area (Å²) in [4.78, 5) is 2.36. The van der Waals surface area contributed by atoms with E-state index in [2.05, 4.69) is 260 Å². The van der Waals surface area contributed by atoms with Crippen LogP contribution in [-0.2, 0) is 0 Å². The van der Waals surface area contributed by atoms with E-state index in [4.69, 9.17) is 8.83 Å². The summed E-state index contributed by atoms with van der Waals surface area (Å²) in [6, 6.07) is 92.8. The fraction of sp³-hybridized carbons (Fsp3) is 0. The summed E-state index contributed by atoms with van der Waals surface area (Å²) in [7, 11) is 0. The van der Waals surface area contributed by atoms with Gasteiger partial charge in [0.05, 0.1) is 11.1 Å². The fourth-order valence-corrected chi connectivity index (χ4v) is 10.2. The molecule has 2 heterocycles. The first kappa shape index (κ1) is 40.1. The molecule has 0 unspecified atom stereocenters. The van der Waals surface area contributed by atoms with Crippen LogP contribution in [0.25, 0.3) is 111 Å². The molecule has 13 rings (SSSR count). The summed E-state index contributed by atoms with van der Waals surface area (Å²) in [6.45, 7) is 0. The Morgan fingerprint density at radius 1 is 0.246 bits per heavy atom. The van der Waals surface area contributed by atoms with Crippen molar-refractivity contribution in [3.8, 4) is 66.8 Å². The van der Waals surface area contributed by atoms with Crippen LogP contribution in [0.15, 0.2) is 270 Å². The van der Waals surface area contributed by atoms with Gasteiger partial charge in [0, 0.05) is 39.2 Å². The van der Waals surface area contributed by atoms with Crippen molar-refractivity contribution >= 4 is 60.9 Å². The first-order valence-electron chi connectivity index (χ1n) is 23.5. The first-order valence-corrected chi connectivity index (χ1v) is 23.5. The van der Waals surface area contributed by atoms with E-state index in [1.54, 1.807) is 0 Å². The van der Waals surface area contributed by atoms with E-state index in [0.717, 1.165) is 99.9 Å². The maximum absolute atomic E-state index is 7.05. The van der Waals surface area contributed by atoms with Gasteiger partial charge in [0.1, 0.15) is 22.3 Å². The predicted molar refractivity (Wildman–Crippen MR) is 288 cm³/mol. The molecule has 0 saturated heterocycles. The summed E-state index contributed by atoms with van der Waals surface area (Å²) < 4.78 is 13.8. The average molecular weight is 882 g/mol. The third kappa shape index (κ3) is 7.16. The third-order valence-corrected chi connectivity index (χ3v) is 13.5. The highest BCUT2D eigenvalue weighted by atomic mass is 16.3. The Morgan fingerprint density at radius 2 is 0.652 bits per heavy atom. The van der Waals surface area contributed by atoms with Crippen molar-refractivity contribution in [1.29, 1.82) is 0 Å². The molecular weight excluding hydrogens is 839 g/mol. The zero-order valence-electron chi connectivity index (χ0n) is 37.6. The van der Waals surface area contributed by atoms with Crippen LogP contribution in [0.1, 0.15) is 0 Å². The molecule has 0 bridgehead atoms. The number of rotatable bonds is 9. The average Bonchev–Trinajstić information content (AvgIpc) is 4.00. The first-order chi connectivity index (χ1) is 34.2. The van der Waals surface area contributed by atoms with Gasteiger partial charge >= 0.3 is 0 Å². The van der Waals surface area contributed by atoms with Gasteiger partial charge in [-0.1, -0.05) is 194 Å². The quantitative estimate of drug-likeness (QED) is 0.145. The molecule has 0 N–H and O–H groups in total. The lowest BCUT2D eigenvalue weighted by Gasteiger charge is -2.27. The molecule has 0 amide bonds. The second-order valence-electron chi connectivity index (χ2n) is 17.6. The van der Waals surface area contributed by atoms with Crippen molar-refractivity contribution in [3.63, 3.8) is 0 Å². The van der Waals surface area contributed by atoms with Gasteiger partial charge in [-0.15, -0.1) is 0 Å². The summed E-state index contributed by atoms with van der Waals surface area (Å²) in [5.74, 6) is 0. The topological polar surface area (TPSA) is 29.5 Å². The van der Waals surface area contributed by atoms with Crippen molar-refractivity contribution in [3.05, 3.63) is 261 Å². The Balaban J connectivity index is 1.00. The van der Waals surface area contributed by atoms with Gasteiger partial charge in [0.25, 0.3) is 0 Å². The Bertz CT molecular complexity index is 3980. The highest BCUT2D eigenvalue weighted by Gasteiger charge is 2.24. The van der Waals surface area contributed by atoms with E-state index in [1.807, 2.05) is 6.07 Å². The van der Waals surface area contributed by atoms with Gasteiger partial charge in [-0.05, 0) is 122 Å². The minimum absolute atomic E-state index is 0.821. The number of anilines is 3. The molecule has 0 spiro atoms. The van der Waals surface area contributed by atoms with Gasteiger partial charge in [0.15, 0.2) is 0 Å². The van der Waals surface area contributed by atoms with Crippen LogP contribution in [0.3, 0.4) is 0 Å². The van der Waals surface area contributed by atoms with Crippen molar-refractivity contribution in [1.82, 2.24) is 0 Å². The molecule has 0 fully saturated rings. The van der Waals surface area contributed by atoms with Gasteiger partial charge in [-0.3, -0.25) is 0 Å². The van der Waals surface area contributed by atoms with E-state index < -0.39 is 0 Å². The minimum atomic E-state index is 0.821. The monoisotopic (exact) mass is 881 g/mol. The summed E-state index contributed by atoms with van der Waals surface area (Å²) >= 11 is 0. The number of furan rings is 2. The molecule has 11 aromatic carbocycles. The Kier molecular flexibility index (Phi) is 9.84.